The highest BCUT2D eigenvalue weighted by Gasteiger charge is 2.12. The Kier molecular flexibility index (Phi) is 4.44. The smallest absolute Gasteiger partial charge is 0.143 e. The van der Waals surface area contributed by atoms with Crippen LogP contribution in [-0.4, -0.2) is 11.5 Å². The van der Waals surface area contributed by atoms with Gasteiger partial charge in [0.05, 0.1) is 5.38 Å². The van der Waals surface area contributed by atoms with Gasteiger partial charge in [0.25, 0.3) is 0 Å². The molecule has 8 heavy (non-hydrogen) atoms. The van der Waals surface area contributed by atoms with Crippen molar-refractivity contribution in [1.29, 1.82) is 0 Å². The lowest BCUT2D eigenvalue weighted by molar-refractivity contribution is 0.244. The van der Waals surface area contributed by atoms with Gasteiger partial charge in [0.1, 0.15) is 6.10 Å². The van der Waals surface area contributed by atoms with E-state index in [1.165, 1.54) is 0 Å². The second-order valence-corrected chi connectivity index (χ2v) is 2.67. The van der Waals surface area contributed by atoms with E-state index in [2.05, 4.69) is 4.52 Å². The lowest BCUT2D eigenvalue weighted by Crippen LogP contribution is -2.12. The number of halogens is 1. The molecule has 0 rings (SSSR count). The van der Waals surface area contributed by atoms with Crippen LogP contribution in [0.3, 0.4) is 0 Å². The van der Waals surface area contributed by atoms with Crippen molar-refractivity contribution in [3.63, 3.8) is 0 Å². The van der Waals surface area contributed by atoms with Crippen LogP contribution in [0.5, 0.6) is 0 Å². The summed E-state index contributed by atoms with van der Waals surface area (Å²) < 4.78 is 14.4. The van der Waals surface area contributed by atoms with E-state index >= 15 is 0 Å². The van der Waals surface area contributed by atoms with Crippen LogP contribution in [0, 0.1) is 0 Å². The standard InChI is InChI=1S/C4H9ClO2P/c1-3(5)4(2)7-8-6/h3-4,8H,1-2H3/q+1. The minimum absolute atomic E-state index is 0.0727. The number of hydrogen-bond acceptors (Lipinski definition) is 2. The van der Waals surface area contributed by atoms with Crippen molar-refractivity contribution in [1.82, 2.24) is 0 Å². The number of rotatable bonds is 3. The predicted octanol–water partition coefficient (Wildman–Crippen LogP) is 1.96. The highest BCUT2D eigenvalue weighted by molar-refractivity contribution is 7.17. The molecule has 0 aromatic heterocycles. The summed E-state index contributed by atoms with van der Waals surface area (Å²) in [6.45, 7) is 3.58. The lowest BCUT2D eigenvalue weighted by Gasteiger charge is -2.02. The molecule has 0 heterocycles. The van der Waals surface area contributed by atoms with Gasteiger partial charge in [-0.15, -0.1) is 16.1 Å². The Morgan fingerprint density at radius 1 is 1.62 bits per heavy atom. The van der Waals surface area contributed by atoms with Crippen molar-refractivity contribution in [2.45, 2.75) is 25.3 Å². The van der Waals surface area contributed by atoms with Crippen LogP contribution in [0.25, 0.3) is 0 Å². The molecule has 0 aliphatic heterocycles. The van der Waals surface area contributed by atoms with Crippen molar-refractivity contribution >= 4 is 20.3 Å². The maximum Gasteiger partial charge on any atom is 0.494 e. The fourth-order valence-corrected chi connectivity index (χ4v) is 0.663. The monoisotopic (exact) mass is 155 g/mol. The molecular formula is C4H9ClO2P+. The maximum absolute atomic E-state index is 9.79. The van der Waals surface area contributed by atoms with Crippen LogP contribution in [-0.2, 0) is 9.09 Å². The summed E-state index contributed by atoms with van der Waals surface area (Å²) in [7, 11) is -0.704. The van der Waals surface area contributed by atoms with E-state index in [0.717, 1.165) is 0 Å². The molecule has 0 saturated carbocycles. The van der Waals surface area contributed by atoms with Crippen molar-refractivity contribution in [2.24, 2.45) is 0 Å². The summed E-state index contributed by atoms with van der Waals surface area (Å²) in [5, 5.41) is -0.0727. The van der Waals surface area contributed by atoms with Crippen molar-refractivity contribution in [3.05, 3.63) is 0 Å². The van der Waals surface area contributed by atoms with E-state index in [-0.39, 0.29) is 11.5 Å². The van der Waals surface area contributed by atoms with Crippen LogP contribution >= 0.6 is 20.3 Å². The Morgan fingerprint density at radius 2 is 2.12 bits per heavy atom. The van der Waals surface area contributed by atoms with E-state index in [4.69, 9.17) is 11.6 Å². The molecule has 0 aliphatic rings. The van der Waals surface area contributed by atoms with Crippen molar-refractivity contribution in [3.8, 4) is 0 Å². The van der Waals surface area contributed by atoms with Gasteiger partial charge in [0.15, 0.2) is 0 Å². The molecule has 0 aromatic carbocycles. The van der Waals surface area contributed by atoms with Gasteiger partial charge in [0.2, 0.25) is 0 Å². The fourth-order valence-electron chi connectivity index (χ4n) is 0.170. The quantitative estimate of drug-likeness (QED) is 0.460. The molecule has 48 valence electrons. The average molecular weight is 156 g/mol. The van der Waals surface area contributed by atoms with Gasteiger partial charge in [-0.05, 0) is 18.4 Å². The average Bonchev–Trinajstić information content (AvgIpc) is 1.67. The van der Waals surface area contributed by atoms with Gasteiger partial charge in [-0.2, -0.15) is 0 Å². The molecule has 0 amide bonds. The first-order chi connectivity index (χ1) is 3.68. The predicted molar refractivity (Wildman–Crippen MR) is 34.9 cm³/mol. The third-order valence-corrected chi connectivity index (χ3v) is 1.70. The minimum atomic E-state index is -0.704. The Morgan fingerprint density at radius 3 is 2.25 bits per heavy atom. The zero-order valence-electron chi connectivity index (χ0n) is 4.85. The van der Waals surface area contributed by atoms with Gasteiger partial charge >= 0.3 is 8.69 Å². The van der Waals surface area contributed by atoms with Gasteiger partial charge in [-0.25, -0.2) is 0 Å². The highest BCUT2D eigenvalue weighted by atomic mass is 35.5. The molecule has 3 unspecified atom stereocenters. The first-order valence-electron chi connectivity index (χ1n) is 2.35. The second kappa shape index (κ2) is 4.25. The molecule has 4 heteroatoms. The van der Waals surface area contributed by atoms with Gasteiger partial charge in [-0.1, -0.05) is 0 Å². The van der Waals surface area contributed by atoms with Gasteiger partial charge in [0, 0.05) is 0 Å². The zero-order chi connectivity index (χ0) is 6.57. The van der Waals surface area contributed by atoms with E-state index in [1.807, 2.05) is 0 Å². The van der Waals surface area contributed by atoms with Crippen LogP contribution < -0.4 is 0 Å². The maximum atomic E-state index is 9.79. The topological polar surface area (TPSA) is 26.3 Å². The minimum Gasteiger partial charge on any atom is -0.143 e. The molecule has 0 aliphatic carbocycles. The second-order valence-electron chi connectivity index (χ2n) is 1.58. The summed E-state index contributed by atoms with van der Waals surface area (Å²) in [5.41, 5.74) is 0. The van der Waals surface area contributed by atoms with Crippen molar-refractivity contribution in [2.75, 3.05) is 0 Å². The molecule has 3 atom stereocenters. The summed E-state index contributed by atoms with van der Waals surface area (Å²) in [5.74, 6) is 0. The molecule has 0 radical (unpaired) electrons. The van der Waals surface area contributed by atoms with Crippen LogP contribution in [0.4, 0.5) is 0 Å². The lowest BCUT2D eigenvalue weighted by atomic mass is 10.3. The Bertz CT molecular complexity index is 76.4. The van der Waals surface area contributed by atoms with Crippen LogP contribution in [0.15, 0.2) is 0 Å². The zero-order valence-corrected chi connectivity index (χ0v) is 6.61. The Balaban J connectivity index is 3.30. The highest BCUT2D eigenvalue weighted by Crippen LogP contribution is 2.10. The normalized spacial score (nSPS) is 18.4. The summed E-state index contributed by atoms with van der Waals surface area (Å²) in [6, 6.07) is 0. The van der Waals surface area contributed by atoms with Crippen molar-refractivity contribution < 1.29 is 9.09 Å². The van der Waals surface area contributed by atoms with E-state index in [1.54, 1.807) is 13.8 Å². The summed E-state index contributed by atoms with van der Waals surface area (Å²) in [4.78, 5) is 0. The van der Waals surface area contributed by atoms with Crippen LogP contribution in [0.1, 0.15) is 13.8 Å². The number of alkyl halides is 1. The Hall–Kier alpha value is 0.350. The SMILES string of the molecule is CC(Cl)C(C)O[PH+]=O. The molecule has 2 nitrogen and oxygen atoms in total. The molecule has 0 saturated heterocycles. The largest absolute Gasteiger partial charge is 0.494 e. The Labute approximate surface area is 55.5 Å². The molecule has 0 fully saturated rings. The summed E-state index contributed by atoms with van der Waals surface area (Å²) >= 11 is 5.55. The third-order valence-electron chi connectivity index (χ3n) is 0.881. The molecule has 0 N–H and O–H groups in total. The fraction of sp³-hybridized carbons (Fsp3) is 1.00. The molecule has 0 aromatic rings. The van der Waals surface area contributed by atoms with Crippen LogP contribution in [0.2, 0.25) is 0 Å². The summed E-state index contributed by atoms with van der Waals surface area (Å²) in [6.07, 6.45) is -0.118. The molecule has 0 bridgehead atoms. The third kappa shape index (κ3) is 3.36. The van der Waals surface area contributed by atoms with E-state index in [0.29, 0.717) is 0 Å². The van der Waals surface area contributed by atoms with E-state index in [9.17, 15) is 4.57 Å². The van der Waals surface area contributed by atoms with E-state index < -0.39 is 8.69 Å². The first kappa shape index (κ1) is 8.35. The molecular weight excluding hydrogens is 146 g/mol. The first-order valence-corrected chi connectivity index (χ1v) is 3.60. The van der Waals surface area contributed by atoms with Gasteiger partial charge < -0.3 is 0 Å². The molecule has 0 spiro atoms. The number of hydrogen-bond donors (Lipinski definition) is 0. The van der Waals surface area contributed by atoms with Gasteiger partial charge in [-0.3, -0.25) is 0 Å².